The van der Waals surface area contributed by atoms with Crippen molar-refractivity contribution >= 4 is 74.0 Å². The second kappa shape index (κ2) is 11.3. The van der Waals surface area contributed by atoms with E-state index in [1.165, 1.54) is 51.1 Å². The van der Waals surface area contributed by atoms with Gasteiger partial charge in [0.25, 0.3) is 11.2 Å². The normalized spacial score (nSPS) is 15.1. The van der Waals surface area contributed by atoms with Gasteiger partial charge in [-0.25, -0.2) is 14.8 Å². The molecule has 14 heteroatoms. The number of thiazole rings is 2. The summed E-state index contributed by atoms with van der Waals surface area (Å²) in [5, 5.41) is 12.2. The van der Waals surface area contributed by atoms with Crippen molar-refractivity contribution in [3.63, 3.8) is 0 Å². The van der Waals surface area contributed by atoms with Crippen LogP contribution in [0.25, 0.3) is 16.3 Å². The number of furan rings is 1. The van der Waals surface area contributed by atoms with E-state index in [2.05, 4.69) is 9.98 Å². The molecular formula is C28H19ClN4O6S3. The van der Waals surface area contributed by atoms with Crippen LogP contribution in [0.3, 0.4) is 0 Å². The van der Waals surface area contributed by atoms with Crippen LogP contribution in [0, 0.1) is 10.1 Å². The van der Waals surface area contributed by atoms with E-state index < -0.39 is 16.9 Å². The highest BCUT2D eigenvalue weighted by molar-refractivity contribution is 8.01. The third kappa shape index (κ3) is 5.31. The summed E-state index contributed by atoms with van der Waals surface area (Å²) in [6.07, 6.45) is 1.64. The largest absolute Gasteiger partial charge is 0.463 e. The molecule has 3 aromatic heterocycles. The zero-order valence-corrected chi connectivity index (χ0v) is 25.1. The highest BCUT2D eigenvalue weighted by atomic mass is 35.5. The van der Waals surface area contributed by atoms with Crippen molar-refractivity contribution in [2.45, 2.75) is 29.3 Å². The molecule has 4 heterocycles. The van der Waals surface area contributed by atoms with Crippen LogP contribution < -0.4 is 14.9 Å². The average Bonchev–Trinajstić information content (AvgIpc) is 3.65. The number of nitrogens with zero attached hydrogens (tertiary/aromatic N) is 4. The van der Waals surface area contributed by atoms with Crippen LogP contribution in [-0.2, 0) is 9.53 Å². The predicted octanol–water partition coefficient (Wildman–Crippen LogP) is 5.71. The minimum Gasteiger partial charge on any atom is -0.463 e. The quantitative estimate of drug-likeness (QED) is 0.126. The van der Waals surface area contributed by atoms with Crippen molar-refractivity contribution in [3.05, 3.63) is 112 Å². The number of carbonyl (C=O) groups is 1. The zero-order chi connectivity index (χ0) is 29.5. The summed E-state index contributed by atoms with van der Waals surface area (Å²) >= 11 is 9.91. The number of aromatic nitrogens is 2. The summed E-state index contributed by atoms with van der Waals surface area (Å²) in [4.78, 5) is 46.9. The van der Waals surface area contributed by atoms with Crippen molar-refractivity contribution < 1.29 is 18.9 Å². The van der Waals surface area contributed by atoms with E-state index in [1.807, 2.05) is 0 Å². The molecule has 0 aliphatic carbocycles. The third-order valence-corrected chi connectivity index (χ3v) is 9.56. The van der Waals surface area contributed by atoms with E-state index >= 15 is 0 Å². The van der Waals surface area contributed by atoms with Crippen LogP contribution in [0.4, 0.5) is 5.69 Å². The fourth-order valence-corrected chi connectivity index (χ4v) is 7.64. The van der Waals surface area contributed by atoms with Crippen molar-refractivity contribution in [3.8, 4) is 0 Å². The van der Waals surface area contributed by atoms with Gasteiger partial charge in [0, 0.05) is 23.2 Å². The average molecular weight is 639 g/mol. The lowest BCUT2D eigenvalue weighted by molar-refractivity contribution is -0.384. The monoisotopic (exact) mass is 638 g/mol. The molecule has 2 aromatic carbocycles. The lowest BCUT2D eigenvalue weighted by Crippen LogP contribution is -2.39. The Bertz CT molecular complexity index is 2090. The maximum atomic E-state index is 13.8. The second-order valence-corrected chi connectivity index (χ2v) is 12.7. The number of ether oxygens (including phenoxy) is 1. The highest BCUT2D eigenvalue weighted by Crippen LogP contribution is 2.36. The summed E-state index contributed by atoms with van der Waals surface area (Å²) in [7, 11) is 0. The molecule has 212 valence electrons. The minimum atomic E-state index is -0.739. The Morgan fingerprint density at radius 1 is 1.21 bits per heavy atom. The van der Waals surface area contributed by atoms with Gasteiger partial charge in [0.1, 0.15) is 5.76 Å². The van der Waals surface area contributed by atoms with Gasteiger partial charge in [-0.1, -0.05) is 35.1 Å². The first-order valence-corrected chi connectivity index (χ1v) is 15.3. The van der Waals surface area contributed by atoms with Gasteiger partial charge in [0.2, 0.25) is 0 Å². The molecule has 0 saturated heterocycles. The molecule has 1 atom stereocenters. The number of halogens is 1. The number of benzene rings is 2. The second-order valence-electron chi connectivity index (χ2n) is 9.00. The third-order valence-electron chi connectivity index (χ3n) is 6.33. The first-order chi connectivity index (χ1) is 20.2. The van der Waals surface area contributed by atoms with E-state index in [4.69, 9.17) is 20.8 Å². The van der Waals surface area contributed by atoms with E-state index in [1.54, 1.807) is 62.4 Å². The summed E-state index contributed by atoms with van der Waals surface area (Å²) < 4.78 is 14.5. The standard InChI is InChI=1S/C28H19ClN4O6S3/c1-3-38-26(35)23-14(2)30-27-32(24(23)15-4-6-16(29)7-5-15)25(34)21(40-27)13-18-9-11-22(39-18)42-28-31-19-10-8-17(33(36)37)12-20(19)41-28/h4-13,24H,3H2,1-2H3/b21-13-/t24-/m1/s1. The minimum absolute atomic E-state index is 0.00678. The molecular weight excluding hydrogens is 620 g/mol. The number of nitro benzene ring substituents is 1. The van der Waals surface area contributed by atoms with Crippen molar-refractivity contribution in [1.29, 1.82) is 0 Å². The van der Waals surface area contributed by atoms with Crippen LogP contribution in [0.1, 0.15) is 31.2 Å². The predicted molar refractivity (Wildman–Crippen MR) is 161 cm³/mol. The van der Waals surface area contributed by atoms with Gasteiger partial charge in [-0.05, 0) is 61.5 Å². The molecule has 0 N–H and O–H groups in total. The number of nitro groups is 1. The van der Waals surface area contributed by atoms with Crippen LogP contribution in [0.15, 0.2) is 89.5 Å². The number of rotatable bonds is 7. The van der Waals surface area contributed by atoms with Crippen molar-refractivity contribution in [2.24, 2.45) is 4.99 Å². The SMILES string of the molecule is CCOC(=O)C1=C(C)N=c2s/c(=C\c3ccc(Sc4nc5ccc([N+](=O)[O-])cc5s4)o3)c(=O)n2[C@@H]1c1ccc(Cl)cc1. The van der Waals surface area contributed by atoms with Gasteiger partial charge >= 0.3 is 5.97 Å². The first kappa shape index (κ1) is 28.1. The first-order valence-electron chi connectivity index (χ1n) is 12.5. The number of fused-ring (bicyclic) bond motifs is 2. The lowest BCUT2D eigenvalue weighted by Gasteiger charge is -2.24. The van der Waals surface area contributed by atoms with Gasteiger partial charge in [-0.3, -0.25) is 19.5 Å². The van der Waals surface area contributed by atoms with Crippen LogP contribution >= 0.6 is 46.0 Å². The zero-order valence-electron chi connectivity index (χ0n) is 21.9. The van der Waals surface area contributed by atoms with E-state index in [0.717, 1.165) is 0 Å². The maximum absolute atomic E-state index is 13.8. The molecule has 42 heavy (non-hydrogen) atoms. The molecule has 0 spiro atoms. The molecule has 5 aromatic rings. The molecule has 10 nitrogen and oxygen atoms in total. The van der Waals surface area contributed by atoms with Gasteiger partial charge < -0.3 is 9.15 Å². The Labute approximate surface area is 254 Å². The molecule has 1 aliphatic heterocycles. The van der Waals surface area contributed by atoms with Gasteiger partial charge in [0.15, 0.2) is 14.2 Å². The molecule has 0 radical (unpaired) electrons. The fraction of sp³-hybridized carbons (Fsp3) is 0.143. The van der Waals surface area contributed by atoms with Gasteiger partial charge in [-0.15, -0.1) is 11.3 Å². The van der Waals surface area contributed by atoms with E-state index in [9.17, 15) is 19.7 Å². The molecule has 0 bridgehead atoms. The smallest absolute Gasteiger partial charge is 0.338 e. The number of allylic oxidation sites excluding steroid dienone is 1. The Hall–Kier alpha value is -4.04. The Balaban J connectivity index is 1.35. The summed E-state index contributed by atoms with van der Waals surface area (Å²) in [6.45, 7) is 3.63. The topological polar surface area (TPSA) is 130 Å². The Kier molecular flexibility index (Phi) is 7.58. The molecule has 0 saturated carbocycles. The number of esters is 1. The number of carbonyl (C=O) groups excluding carboxylic acids is 1. The van der Waals surface area contributed by atoms with Crippen molar-refractivity contribution in [1.82, 2.24) is 9.55 Å². The van der Waals surface area contributed by atoms with Crippen LogP contribution in [0.5, 0.6) is 0 Å². The Morgan fingerprint density at radius 2 is 2.00 bits per heavy atom. The summed E-state index contributed by atoms with van der Waals surface area (Å²) in [6, 6.07) is 14.3. The molecule has 0 unspecified atom stereocenters. The number of hydrogen-bond acceptors (Lipinski definition) is 11. The van der Waals surface area contributed by atoms with Gasteiger partial charge in [-0.2, -0.15) is 0 Å². The molecule has 0 amide bonds. The maximum Gasteiger partial charge on any atom is 0.338 e. The van der Waals surface area contributed by atoms with E-state index in [-0.39, 0.29) is 23.4 Å². The van der Waals surface area contributed by atoms with Crippen LogP contribution in [-0.4, -0.2) is 27.1 Å². The number of non-ortho nitro benzene ring substituents is 1. The highest BCUT2D eigenvalue weighted by Gasteiger charge is 2.33. The molecule has 1 aliphatic rings. The lowest BCUT2D eigenvalue weighted by atomic mass is 9.96. The van der Waals surface area contributed by atoms with Crippen LogP contribution in [0.2, 0.25) is 5.02 Å². The Morgan fingerprint density at radius 3 is 2.74 bits per heavy atom. The molecule has 6 rings (SSSR count). The fourth-order valence-electron chi connectivity index (χ4n) is 4.48. The molecule has 0 fully saturated rings. The summed E-state index contributed by atoms with van der Waals surface area (Å²) in [5.74, 6) is -0.0889. The van der Waals surface area contributed by atoms with Gasteiger partial charge in [0.05, 0.1) is 43.6 Å². The number of hydrogen-bond donors (Lipinski definition) is 0. The van der Waals surface area contributed by atoms with Crippen molar-refractivity contribution in [2.75, 3.05) is 6.61 Å². The summed E-state index contributed by atoms with van der Waals surface area (Å²) in [5.41, 5.74) is 1.80. The van der Waals surface area contributed by atoms with E-state index in [0.29, 0.717) is 51.0 Å².